The second-order valence-electron chi connectivity index (χ2n) is 5.79. The molecule has 2 heterocycles. The van der Waals surface area contributed by atoms with E-state index in [1.807, 2.05) is 42.1 Å². The van der Waals surface area contributed by atoms with Gasteiger partial charge in [0.1, 0.15) is 0 Å². The molecule has 1 aromatic heterocycles. The Morgan fingerprint density at radius 1 is 1.04 bits per heavy atom. The van der Waals surface area contributed by atoms with Crippen molar-refractivity contribution < 1.29 is 0 Å². The maximum absolute atomic E-state index is 4.84. The predicted molar refractivity (Wildman–Crippen MR) is 109 cm³/mol. The highest BCUT2D eigenvalue weighted by Crippen LogP contribution is 2.44. The average molecular weight is 366 g/mol. The van der Waals surface area contributed by atoms with E-state index in [0.717, 1.165) is 22.4 Å². The van der Waals surface area contributed by atoms with Crippen molar-refractivity contribution in [1.82, 2.24) is 4.57 Å². The highest BCUT2D eigenvalue weighted by atomic mass is 32.2. The number of aromatic nitrogens is 1. The Bertz CT molecular complexity index is 1090. The van der Waals surface area contributed by atoms with Crippen molar-refractivity contribution in [2.45, 2.75) is 18.4 Å². The molecular weight excluding hydrogens is 346 g/mol. The van der Waals surface area contributed by atoms with Gasteiger partial charge in [0.25, 0.3) is 0 Å². The van der Waals surface area contributed by atoms with Gasteiger partial charge in [-0.3, -0.25) is 0 Å². The molecule has 0 saturated heterocycles. The molecular formula is C20H19N3S2. The highest BCUT2D eigenvalue weighted by Gasteiger charge is 2.23. The molecule has 0 aliphatic carbocycles. The Morgan fingerprint density at radius 3 is 2.48 bits per heavy atom. The van der Waals surface area contributed by atoms with Crippen molar-refractivity contribution in [3.63, 3.8) is 0 Å². The Labute approximate surface area is 155 Å². The van der Waals surface area contributed by atoms with E-state index in [4.69, 9.17) is 4.99 Å². The summed E-state index contributed by atoms with van der Waals surface area (Å²) in [4.78, 5) is 9.38. The molecule has 0 saturated carbocycles. The van der Waals surface area contributed by atoms with Crippen molar-refractivity contribution in [2.75, 3.05) is 11.9 Å². The molecule has 3 nitrogen and oxygen atoms in total. The number of nitrogens with zero attached hydrogens (tertiary/aromatic N) is 3. The van der Waals surface area contributed by atoms with Crippen molar-refractivity contribution in [1.29, 1.82) is 0 Å². The van der Waals surface area contributed by atoms with Crippen molar-refractivity contribution >= 4 is 46.1 Å². The molecule has 1 aliphatic rings. The number of anilines is 1. The van der Waals surface area contributed by atoms with Crippen LogP contribution < -0.4 is 19.6 Å². The minimum absolute atomic E-state index is 0.857. The summed E-state index contributed by atoms with van der Waals surface area (Å²) < 4.78 is 3.39. The third kappa shape index (κ3) is 2.83. The van der Waals surface area contributed by atoms with Crippen molar-refractivity contribution in [3.8, 4) is 0 Å². The molecule has 126 valence electrons. The lowest BCUT2D eigenvalue weighted by Crippen LogP contribution is -2.33. The number of benzene rings is 2. The van der Waals surface area contributed by atoms with Gasteiger partial charge in [-0.15, -0.1) is 0 Å². The second kappa shape index (κ2) is 6.58. The van der Waals surface area contributed by atoms with Gasteiger partial charge in [-0.1, -0.05) is 60.0 Å². The summed E-state index contributed by atoms with van der Waals surface area (Å²) in [5, 5.41) is 2.26. The van der Waals surface area contributed by atoms with Crippen LogP contribution in [0, 0.1) is 0 Å². The Morgan fingerprint density at radius 2 is 1.76 bits per heavy atom. The zero-order chi connectivity index (χ0) is 17.4. The summed E-state index contributed by atoms with van der Waals surface area (Å²) in [5.41, 5.74) is 2.22. The first-order valence-electron chi connectivity index (χ1n) is 8.22. The van der Waals surface area contributed by atoms with Gasteiger partial charge in [0, 0.05) is 18.5 Å². The molecule has 0 atom stereocenters. The largest absolute Gasteiger partial charge is 0.337 e. The fourth-order valence-corrected chi connectivity index (χ4v) is 5.43. The maximum atomic E-state index is 4.84. The van der Waals surface area contributed by atoms with E-state index in [0.29, 0.717) is 0 Å². The Hall–Kier alpha value is -2.24. The van der Waals surface area contributed by atoms with E-state index in [2.05, 4.69) is 54.3 Å². The van der Waals surface area contributed by atoms with Crippen LogP contribution in [0.4, 0.5) is 11.4 Å². The van der Waals surface area contributed by atoms with Crippen LogP contribution in [0.2, 0.25) is 0 Å². The first-order valence-corrected chi connectivity index (χ1v) is 9.85. The number of thiazole rings is 1. The van der Waals surface area contributed by atoms with E-state index in [1.165, 1.54) is 20.1 Å². The number of fused-ring (bicyclic) bond motifs is 1. The van der Waals surface area contributed by atoms with Crippen LogP contribution in [0.5, 0.6) is 0 Å². The van der Waals surface area contributed by atoms with Gasteiger partial charge in [0.05, 0.1) is 26.3 Å². The molecule has 2 aromatic carbocycles. The summed E-state index contributed by atoms with van der Waals surface area (Å²) in [6, 6.07) is 18.6. The topological polar surface area (TPSA) is 20.5 Å². The lowest BCUT2D eigenvalue weighted by Gasteiger charge is -2.12. The van der Waals surface area contributed by atoms with Gasteiger partial charge in [-0.05, 0) is 31.2 Å². The zero-order valence-electron chi connectivity index (χ0n) is 14.3. The molecule has 0 radical (unpaired) electrons. The van der Waals surface area contributed by atoms with Crippen LogP contribution in [0.25, 0.3) is 11.6 Å². The van der Waals surface area contributed by atoms with E-state index in [-0.39, 0.29) is 0 Å². The third-order valence-electron chi connectivity index (χ3n) is 4.24. The lowest BCUT2D eigenvalue weighted by atomic mass is 10.3. The number of thioether (sulfide) groups is 1. The normalized spacial score (nSPS) is 16.4. The minimum atomic E-state index is 0.857. The molecule has 0 unspecified atom stereocenters. The second-order valence-corrected chi connectivity index (χ2v) is 7.79. The van der Waals surface area contributed by atoms with Crippen LogP contribution in [0.15, 0.2) is 64.5 Å². The fraction of sp³-hybridized carbons (Fsp3) is 0.150. The van der Waals surface area contributed by atoms with Crippen LogP contribution in [-0.2, 0) is 6.54 Å². The molecule has 3 aromatic rings. The summed E-state index contributed by atoms with van der Waals surface area (Å²) in [6.45, 7) is 7.34. The van der Waals surface area contributed by atoms with Gasteiger partial charge < -0.3 is 9.47 Å². The number of hydrogen-bond acceptors (Lipinski definition) is 4. The number of hydrogen-bond donors (Lipinski definition) is 0. The Kier molecular flexibility index (Phi) is 4.27. The molecule has 0 bridgehead atoms. The molecule has 0 fully saturated rings. The predicted octanol–water partition coefficient (Wildman–Crippen LogP) is 3.52. The fourth-order valence-electron chi connectivity index (χ4n) is 2.93. The van der Waals surface area contributed by atoms with E-state index in [1.54, 1.807) is 11.3 Å². The summed E-state index contributed by atoms with van der Waals surface area (Å²) in [5.74, 6) is 0. The molecule has 25 heavy (non-hydrogen) atoms. The number of para-hydroxylation sites is 2. The van der Waals surface area contributed by atoms with Gasteiger partial charge >= 0.3 is 0 Å². The molecule has 5 heteroatoms. The maximum Gasteiger partial charge on any atom is 0.191 e. The lowest BCUT2D eigenvalue weighted by molar-refractivity contribution is 0.713. The standard InChI is InChI=1S/C20H19N3S2/c1-4-23-14(2)18(25-20(23)21-15-10-6-5-7-11-15)19-22(3)16-12-8-9-13-17(16)24-19/h5-13H,2,4H2,1,3H3. The summed E-state index contributed by atoms with van der Waals surface area (Å²) in [7, 11) is 2.12. The molecule has 0 N–H and O–H groups in total. The van der Waals surface area contributed by atoms with E-state index in [9.17, 15) is 0 Å². The molecule has 0 amide bonds. The third-order valence-corrected chi connectivity index (χ3v) is 6.73. The quantitative estimate of drug-likeness (QED) is 0.693. The van der Waals surface area contributed by atoms with Gasteiger partial charge in [-0.25, -0.2) is 4.99 Å². The first kappa shape index (κ1) is 16.2. The zero-order valence-corrected chi connectivity index (χ0v) is 15.9. The van der Waals surface area contributed by atoms with Gasteiger partial charge in [-0.2, -0.15) is 0 Å². The van der Waals surface area contributed by atoms with Crippen molar-refractivity contribution in [2.24, 2.45) is 4.99 Å². The summed E-state index contributed by atoms with van der Waals surface area (Å²) >= 11 is 3.52. The molecule has 4 rings (SSSR count). The molecule has 1 aliphatic heterocycles. The Balaban J connectivity index is 1.94. The van der Waals surface area contributed by atoms with Crippen LogP contribution in [0.3, 0.4) is 0 Å². The SMILES string of the molecule is C=c1c(=C2Sc3ccccc3N2C)sc(=Nc2ccccc2)n1CC. The smallest absolute Gasteiger partial charge is 0.191 e. The first-order chi connectivity index (χ1) is 12.2. The van der Waals surface area contributed by atoms with E-state index < -0.39 is 0 Å². The van der Waals surface area contributed by atoms with Crippen molar-refractivity contribution in [3.05, 3.63) is 69.3 Å². The van der Waals surface area contributed by atoms with Gasteiger partial charge in [0.15, 0.2) is 4.80 Å². The summed E-state index contributed by atoms with van der Waals surface area (Å²) in [6.07, 6.45) is 0. The average Bonchev–Trinajstić information content (AvgIpc) is 3.13. The number of rotatable bonds is 2. The van der Waals surface area contributed by atoms with Gasteiger partial charge in [0.2, 0.25) is 0 Å². The van der Waals surface area contributed by atoms with Crippen LogP contribution in [-0.4, -0.2) is 11.6 Å². The van der Waals surface area contributed by atoms with Crippen LogP contribution in [0.1, 0.15) is 6.92 Å². The van der Waals surface area contributed by atoms with E-state index >= 15 is 0 Å². The molecule has 0 spiro atoms. The van der Waals surface area contributed by atoms with Crippen LogP contribution >= 0.6 is 23.1 Å². The monoisotopic (exact) mass is 365 g/mol. The highest BCUT2D eigenvalue weighted by molar-refractivity contribution is 8.08. The minimum Gasteiger partial charge on any atom is -0.337 e.